The molecule has 0 bridgehead atoms. The van der Waals surface area contributed by atoms with Crippen molar-refractivity contribution in [2.75, 3.05) is 0 Å². The first-order valence-electron chi connectivity index (χ1n) is 14.1. The van der Waals surface area contributed by atoms with Gasteiger partial charge in [0.05, 0.1) is 0 Å². The van der Waals surface area contributed by atoms with E-state index in [1.54, 1.807) is 0 Å². The predicted molar refractivity (Wildman–Crippen MR) is 169 cm³/mol. The maximum atomic E-state index is 2.41. The highest BCUT2D eigenvalue weighted by molar-refractivity contribution is 5.96. The van der Waals surface area contributed by atoms with Crippen LogP contribution in [0, 0.1) is 11.8 Å². The van der Waals surface area contributed by atoms with Crippen LogP contribution in [0.1, 0.15) is 11.1 Å². The minimum atomic E-state index is 0.273. The van der Waals surface area contributed by atoms with E-state index in [1.165, 1.54) is 65.4 Å². The summed E-state index contributed by atoms with van der Waals surface area (Å²) in [7, 11) is 0. The molecule has 0 saturated heterocycles. The van der Waals surface area contributed by atoms with Gasteiger partial charge in [0.1, 0.15) is 0 Å². The second-order valence-corrected chi connectivity index (χ2v) is 10.9. The zero-order chi connectivity index (χ0) is 26.5. The van der Waals surface area contributed by atoms with Crippen LogP contribution in [0.4, 0.5) is 0 Å². The van der Waals surface area contributed by atoms with Crippen LogP contribution in [-0.2, 0) is 0 Å². The SMILES string of the molecule is C1=CC2C(c3ccc4cc(-c5ccccc5)ccc4c3)=c3ccccc3=C(c3cccc4ccccc34)C2C=C1. The van der Waals surface area contributed by atoms with Crippen molar-refractivity contribution >= 4 is 32.7 Å². The molecule has 0 radical (unpaired) electrons. The molecule has 0 heteroatoms. The van der Waals surface area contributed by atoms with Crippen molar-refractivity contribution in [2.24, 2.45) is 11.8 Å². The monoisotopic (exact) mass is 508 g/mol. The first-order chi connectivity index (χ1) is 19.8. The molecule has 0 aromatic heterocycles. The molecule has 0 nitrogen and oxygen atoms in total. The molecule has 6 aromatic rings. The van der Waals surface area contributed by atoms with Crippen LogP contribution in [-0.4, -0.2) is 0 Å². The molecule has 8 rings (SSSR count). The predicted octanol–water partition coefficient (Wildman–Crippen LogP) is 8.43. The molecule has 6 aromatic carbocycles. The fourth-order valence-electron chi connectivity index (χ4n) is 6.83. The van der Waals surface area contributed by atoms with Crippen LogP contribution >= 0.6 is 0 Å². The summed E-state index contributed by atoms with van der Waals surface area (Å²) >= 11 is 0. The Kier molecular flexibility index (Phi) is 5.38. The summed E-state index contributed by atoms with van der Waals surface area (Å²) in [6.45, 7) is 0. The van der Waals surface area contributed by atoms with Crippen molar-refractivity contribution in [2.45, 2.75) is 0 Å². The molecule has 0 fully saturated rings. The lowest BCUT2D eigenvalue weighted by atomic mass is 9.69. The lowest BCUT2D eigenvalue weighted by Gasteiger charge is -2.33. The zero-order valence-electron chi connectivity index (χ0n) is 22.2. The highest BCUT2D eigenvalue weighted by Crippen LogP contribution is 2.42. The molecule has 2 aliphatic carbocycles. The lowest BCUT2D eigenvalue weighted by molar-refractivity contribution is 0.687. The van der Waals surface area contributed by atoms with E-state index in [1.807, 2.05) is 0 Å². The quantitative estimate of drug-likeness (QED) is 0.225. The van der Waals surface area contributed by atoms with Gasteiger partial charge < -0.3 is 0 Å². The van der Waals surface area contributed by atoms with Crippen molar-refractivity contribution in [1.82, 2.24) is 0 Å². The van der Waals surface area contributed by atoms with Gasteiger partial charge in [0, 0.05) is 11.8 Å². The van der Waals surface area contributed by atoms with Gasteiger partial charge >= 0.3 is 0 Å². The third-order valence-corrected chi connectivity index (χ3v) is 8.65. The Bertz CT molecular complexity index is 2100. The van der Waals surface area contributed by atoms with Gasteiger partial charge in [-0.05, 0) is 77.5 Å². The minimum absolute atomic E-state index is 0.273. The summed E-state index contributed by atoms with van der Waals surface area (Å²) < 4.78 is 0. The molecule has 0 heterocycles. The van der Waals surface area contributed by atoms with Gasteiger partial charge in [0.25, 0.3) is 0 Å². The number of benzene rings is 6. The maximum Gasteiger partial charge on any atom is 0.0137 e. The van der Waals surface area contributed by atoms with E-state index < -0.39 is 0 Å². The van der Waals surface area contributed by atoms with Crippen molar-refractivity contribution < 1.29 is 0 Å². The summed E-state index contributed by atoms with van der Waals surface area (Å²) in [5.74, 6) is 0.548. The Hall–Kier alpha value is -4.94. The zero-order valence-corrected chi connectivity index (χ0v) is 22.2. The van der Waals surface area contributed by atoms with E-state index in [0.29, 0.717) is 0 Å². The van der Waals surface area contributed by atoms with Gasteiger partial charge in [-0.15, -0.1) is 0 Å². The average Bonchev–Trinajstić information content (AvgIpc) is 3.03. The second-order valence-electron chi connectivity index (χ2n) is 10.9. The van der Waals surface area contributed by atoms with Crippen LogP contribution < -0.4 is 10.4 Å². The molecule has 188 valence electrons. The largest absolute Gasteiger partial charge is 0.0760 e. The Morgan fingerprint density at radius 2 is 0.975 bits per heavy atom. The normalized spacial score (nSPS) is 17.7. The van der Waals surface area contributed by atoms with E-state index in [2.05, 4.69) is 158 Å². The molecule has 0 N–H and O–H groups in total. The molecule has 0 amide bonds. The fourth-order valence-corrected chi connectivity index (χ4v) is 6.83. The summed E-state index contributed by atoms with van der Waals surface area (Å²) in [5.41, 5.74) is 7.99. The minimum Gasteiger partial charge on any atom is -0.0760 e. The smallest absolute Gasteiger partial charge is 0.0137 e. The third-order valence-electron chi connectivity index (χ3n) is 8.65. The Labute approximate surface area is 234 Å². The summed E-state index contributed by atoms with van der Waals surface area (Å²) in [6.07, 6.45) is 9.26. The van der Waals surface area contributed by atoms with Crippen LogP contribution in [0.5, 0.6) is 0 Å². The highest BCUT2D eigenvalue weighted by Gasteiger charge is 2.32. The van der Waals surface area contributed by atoms with E-state index in [9.17, 15) is 0 Å². The van der Waals surface area contributed by atoms with E-state index in [4.69, 9.17) is 0 Å². The van der Waals surface area contributed by atoms with Crippen LogP contribution in [0.25, 0.3) is 43.8 Å². The summed E-state index contributed by atoms with van der Waals surface area (Å²) in [6, 6.07) is 49.0. The Morgan fingerprint density at radius 3 is 1.77 bits per heavy atom. The number of allylic oxidation sites excluding steroid dienone is 4. The van der Waals surface area contributed by atoms with Crippen LogP contribution in [0.15, 0.2) is 158 Å². The summed E-state index contributed by atoms with van der Waals surface area (Å²) in [5, 5.41) is 7.84. The van der Waals surface area contributed by atoms with Gasteiger partial charge in [-0.2, -0.15) is 0 Å². The second kappa shape index (κ2) is 9.36. The van der Waals surface area contributed by atoms with E-state index in [-0.39, 0.29) is 11.8 Å². The number of rotatable bonds is 3. The molecule has 2 atom stereocenters. The van der Waals surface area contributed by atoms with Gasteiger partial charge in [0.15, 0.2) is 0 Å². The average molecular weight is 509 g/mol. The van der Waals surface area contributed by atoms with Crippen molar-refractivity contribution in [3.05, 3.63) is 179 Å². The molecular weight excluding hydrogens is 480 g/mol. The topological polar surface area (TPSA) is 0 Å². The van der Waals surface area contributed by atoms with Crippen molar-refractivity contribution in [3.8, 4) is 11.1 Å². The molecule has 0 spiro atoms. The third kappa shape index (κ3) is 3.68. The Morgan fingerprint density at radius 1 is 0.375 bits per heavy atom. The summed E-state index contributed by atoms with van der Waals surface area (Å²) in [4.78, 5) is 0. The highest BCUT2D eigenvalue weighted by atomic mass is 14.3. The molecule has 0 saturated carbocycles. The number of hydrogen-bond donors (Lipinski definition) is 0. The van der Waals surface area contributed by atoms with Gasteiger partial charge in [-0.1, -0.05) is 146 Å². The van der Waals surface area contributed by atoms with Crippen molar-refractivity contribution in [3.63, 3.8) is 0 Å². The molecular formula is C40H28. The van der Waals surface area contributed by atoms with Gasteiger partial charge in [-0.25, -0.2) is 0 Å². The molecule has 2 unspecified atom stereocenters. The molecule has 40 heavy (non-hydrogen) atoms. The van der Waals surface area contributed by atoms with Crippen molar-refractivity contribution in [1.29, 1.82) is 0 Å². The van der Waals surface area contributed by atoms with Gasteiger partial charge in [0.2, 0.25) is 0 Å². The maximum absolute atomic E-state index is 2.41. The molecule has 0 aliphatic heterocycles. The Balaban J connectivity index is 1.39. The lowest BCUT2D eigenvalue weighted by Crippen LogP contribution is -2.40. The first-order valence-corrected chi connectivity index (χ1v) is 14.1. The standard InChI is InChI=1S/C40H28/c1-2-11-27(12-3-1)29-21-22-31-26-32(24-23-30(31)25-29)39-35-16-6-8-18-37(35)40(38-19-9-7-17-36(38)39)34-20-10-14-28-13-4-5-15-33(28)34/h1-26,35,37H. The van der Waals surface area contributed by atoms with Crippen LogP contribution in [0.2, 0.25) is 0 Å². The van der Waals surface area contributed by atoms with E-state index in [0.717, 1.165) is 0 Å². The van der Waals surface area contributed by atoms with E-state index >= 15 is 0 Å². The number of hydrogen-bond acceptors (Lipinski definition) is 0. The number of fused-ring (bicyclic) bond motifs is 4. The van der Waals surface area contributed by atoms with Gasteiger partial charge in [-0.3, -0.25) is 0 Å². The van der Waals surface area contributed by atoms with Crippen LogP contribution in [0.3, 0.4) is 0 Å². The molecule has 2 aliphatic rings. The first kappa shape index (κ1) is 23.0. The fraction of sp³-hybridized carbons (Fsp3) is 0.0500.